The lowest BCUT2D eigenvalue weighted by Gasteiger charge is -2.26. The lowest BCUT2D eigenvalue weighted by molar-refractivity contribution is -0.150. The number of amides is 2. The number of hydrazine groups is 1. The Morgan fingerprint density at radius 3 is 2.43 bits per heavy atom. The normalized spacial score (nSPS) is 21.9. The van der Waals surface area contributed by atoms with Crippen LogP contribution in [0.4, 0.5) is 0 Å². The minimum absolute atomic E-state index is 0.103. The second-order valence-electron chi connectivity index (χ2n) is 3.58. The third kappa shape index (κ3) is 2.04. The van der Waals surface area contributed by atoms with Crippen LogP contribution in [0.25, 0.3) is 0 Å². The zero-order valence-corrected chi connectivity index (χ0v) is 9.88. The van der Waals surface area contributed by atoms with Gasteiger partial charge in [-0.2, -0.15) is 0 Å². The second kappa shape index (κ2) is 4.24. The van der Waals surface area contributed by atoms with Gasteiger partial charge in [-0.15, -0.1) is 0 Å². The Bertz CT molecular complexity index is 257. The lowest BCUT2D eigenvalue weighted by atomic mass is 10.1. The van der Waals surface area contributed by atoms with E-state index in [0.29, 0.717) is 13.0 Å². The highest BCUT2D eigenvalue weighted by Crippen LogP contribution is 2.22. The van der Waals surface area contributed by atoms with E-state index in [4.69, 9.17) is 0 Å². The monoisotopic (exact) mass is 217 g/mol. The molecule has 5 nitrogen and oxygen atoms in total. The van der Waals surface area contributed by atoms with Crippen molar-refractivity contribution in [2.45, 2.75) is 6.42 Å². The summed E-state index contributed by atoms with van der Waals surface area (Å²) in [6.45, 7) is 0.640. The zero-order chi connectivity index (χ0) is 10.9. The van der Waals surface area contributed by atoms with Gasteiger partial charge in [-0.05, 0) is 15.8 Å². The predicted octanol–water partition coefficient (Wildman–Crippen LogP) is -0.440. The quantitative estimate of drug-likeness (QED) is 0.358. The number of hydrogen-bond acceptors (Lipinski definition) is 3. The SMILES string of the molecule is CN(C)N(C)C(=O)C1CCN(P)C1=O. The van der Waals surface area contributed by atoms with Gasteiger partial charge < -0.3 is 4.67 Å². The number of carbonyl (C=O) groups excluding carboxylic acids is 2. The second-order valence-corrected chi connectivity index (χ2v) is 4.21. The molecule has 1 rings (SSSR count). The van der Waals surface area contributed by atoms with Crippen molar-refractivity contribution in [1.82, 2.24) is 14.7 Å². The Morgan fingerprint density at radius 2 is 2.07 bits per heavy atom. The summed E-state index contributed by atoms with van der Waals surface area (Å²) in [5.41, 5.74) is 0. The molecule has 0 aromatic heterocycles. The molecule has 2 amide bonds. The van der Waals surface area contributed by atoms with Crippen LogP contribution in [0.15, 0.2) is 0 Å². The molecule has 0 N–H and O–H groups in total. The first kappa shape index (κ1) is 11.4. The Balaban J connectivity index is 2.67. The van der Waals surface area contributed by atoms with Gasteiger partial charge in [-0.25, -0.2) is 5.01 Å². The first-order valence-electron chi connectivity index (χ1n) is 4.46. The Hall–Kier alpha value is -0.670. The third-order valence-electron chi connectivity index (χ3n) is 2.46. The molecule has 1 aliphatic rings. The molecular weight excluding hydrogens is 201 g/mol. The van der Waals surface area contributed by atoms with Gasteiger partial charge in [-0.3, -0.25) is 14.6 Å². The summed E-state index contributed by atoms with van der Waals surface area (Å²) < 4.78 is 1.52. The van der Waals surface area contributed by atoms with Crippen LogP contribution < -0.4 is 0 Å². The number of nitrogens with zero attached hydrogens (tertiary/aromatic N) is 3. The Morgan fingerprint density at radius 1 is 1.50 bits per heavy atom. The maximum absolute atomic E-state index is 11.8. The van der Waals surface area contributed by atoms with E-state index in [0.717, 1.165) is 0 Å². The van der Waals surface area contributed by atoms with E-state index in [2.05, 4.69) is 9.39 Å². The summed E-state index contributed by atoms with van der Waals surface area (Å²) in [5, 5.41) is 3.13. The summed E-state index contributed by atoms with van der Waals surface area (Å²) in [5.74, 6) is -0.737. The van der Waals surface area contributed by atoms with Gasteiger partial charge in [0.2, 0.25) is 11.8 Å². The van der Waals surface area contributed by atoms with E-state index in [-0.39, 0.29) is 11.8 Å². The molecule has 0 aliphatic carbocycles. The highest BCUT2D eigenvalue weighted by molar-refractivity contribution is 7.14. The standard InChI is InChI=1S/C8H16N3O2P/c1-9(2)10(3)7(12)6-4-5-11(14)8(6)13/h6H,4-5,14H2,1-3H3. The van der Waals surface area contributed by atoms with Crippen molar-refractivity contribution in [2.75, 3.05) is 27.7 Å². The van der Waals surface area contributed by atoms with Crippen LogP contribution in [-0.4, -0.2) is 54.2 Å². The molecule has 2 unspecified atom stereocenters. The van der Waals surface area contributed by atoms with Gasteiger partial charge in [0.05, 0.1) is 0 Å². The van der Waals surface area contributed by atoms with Gasteiger partial charge in [0.1, 0.15) is 5.92 Å². The minimum Gasteiger partial charge on any atom is -0.327 e. The summed E-state index contributed by atoms with van der Waals surface area (Å²) in [4.78, 5) is 23.3. The molecule has 0 radical (unpaired) electrons. The maximum Gasteiger partial charge on any atom is 0.249 e. The molecule has 0 bridgehead atoms. The van der Waals surface area contributed by atoms with Gasteiger partial charge in [0, 0.05) is 27.7 Å². The van der Waals surface area contributed by atoms with Crippen LogP contribution in [0.2, 0.25) is 0 Å². The summed E-state index contributed by atoms with van der Waals surface area (Å²) in [6.07, 6.45) is 0.610. The molecule has 14 heavy (non-hydrogen) atoms. The first-order valence-corrected chi connectivity index (χ1v) is 4.97. The largest absolute Gasteiger partial charge is 0.327 e. The van der Waals surface area contributed by atoms with Crippen molar-refractivity contribution in [3.8, 4) is 0 Å². The molecular formula is C8H16N3O2P. The fraction of sp³-hybridized carbons (Fsp3) is 0.750. The lowest BCUT2D eigenvalue weighted by Crippen LogP contribution is -2.43. The fourth-order valence-corrected chi connectivity index (χ4v) is 1.68. The Kier molecular flexibility index (Phi) is 3.45. The van der Waals surface area contributed by atoms with Crippen LogP contribution in [0.3, 0.4) is 0 Å². The molecule has 0 aromatic rings. The summed E-state index contributed by atoms with van der Waals surface area (Å²) >= 11 is 0. The summed E-state index contributed by atoms with van der Waals surface area (Å²) in [6, 6.07) is 0. The van der Waals surface area contributed by atoms with Crippen LogP contribution in [-0.2, 0) is 9.59 Å². The van der Waals surface area contributed by atoms with E-state index < -0.39 is 5.92 Å². The van der Waals surface area contributed by atoms with Crippen LogP contribution in [0.1, 0.15) is 6.42 Å². The van der Waals surface area contributed by atoms with E-state index in [1.54, 1.807) is 26.2 Å². The zero-order valence-electron chi connectivity index (χ0n) is 8.73. The van der Waals surface area contributed by atoms with Crippen LogP contribution in [0.5, 0.6) is 0 Å². The number of hydrogen-bond donors (Lipinski definition) is 0. The molecule has 6 heteroatoms. The summed E-state index contributed by atoms with van der Waals surface area (Å²) in [7, 11) is 7.55. The van der Waals surface area contributed by atoms with Gasteiger partial charge in [0.25, 0.3) is 0 Å². The predicted molar refractivity (Wildman–Crippen MR) is 56.0 cm³/mol. The average molecular weight is 217 g/mol. The van der Waals surface area contributed by atoms with Crippen LogP contribution >= 0.6 is 9.39 Å². The molecule has 1 saturated heterocycles. The minimum atomic E-state index is -0.500. The van der Waals surface area contributed by atoms with Crippen molar-refractivity contribution in [3.05, 3.63) is 0 Å². The van der Waals surface area contributed by atoms with Gasteiger partial charge in [0.15, 0.2) is 0 Å². The molecule has 1 aliphatic heterocycles. The van der Waals surface area contributed by atoms with Crippen molar-refractivity contribution in [3.63, 3.8) is 0 Å². The van der Waals surface area contributed by atoms with E-state index >= 15 is 0 Å². The Labute approximate surface area is 86.2 Å². The molecule has 0 aromatic carbocycles. The molecule has 1 heterocycles. The fourth-order valence-electron chi connectivity index (χ4n) is 1.35. The molecule has 0 spiro atoms. The van der Waals surface area contributed by atoms with Crippen molar-refractivity contribution < 1.29 is 9.59 Å². The molecule has 1 fully saturated rings. The maximum atomic E-state index is 11.8. The topological polar surface area (TPSA) is 43.9 Å². The van der Waals surface area contributed by atoms with Crippen molar-refractivity contribution in [1.29, 1.82) is 0 Å². The van der Waals surface area contributed by atoms with Gasteiger partial charge in [-0.1, -0.05) is 0 Å². The van der Waals surface area contributed by atoms with Crippen molar-refractivity contribution in [2.24, 2.45) is 5.92 Å². The smallest absolute Gasteiger partial charge is 0.249 e. The van der Waals surface area contributed by atoms with Crippen LogP contribution in [0, 0.1) is 5.92 Å². The molecule has 0 saturated carbocycles. The first-order chi connectivity index (χ1) is 6.45. The number of carbonyl (C=O) groups is 2. The van der Waals surface area contributed by atoms with Crippen molar-refractivity contribution >= 4 is 21.2 Å². The molecule has 2 atom stereocenters. The third-order valence-corrected chi connectivity index (χ3v) is 2.97. The highest BCUT2D eigenvalue weighted by atomic mass is 31.0. The van der Waals surface area contributed by atoms with E-state index in [1.807, 2.05) is 0 Å². The molecule has 80 valence electrons. The van der Waals surface area contributed by atoms with E-state index in [9.17, 15) is 9.59 Å². The van der Waals surface area contributed by atoms with E-state index in [1.165, 1.54) is 9.68 Å². The average Bonchev–Trinajstić information content (AvgIpc) is 2.45. The highest BCUT2D eigenvalue weighted by Gasteiger charge is 2.37. The number of rotatable bonds is 2. The van der Waals surface area contributed by atoms with Gasteiger partial charge >= 0.3 is 0 Å².